The molecule has 0 saturated heterocycles. The summed E-state index contributed by atoms with van der Waals surface area (Å²) in [6.45, 7) is 10.4. The third-order valence-electron chi connectivity index (χ3n) is 2.78. The van der Waals surface area contributed by atoms with Crippen LogP contribution in [-0.4, -0.2) is 39.1 Å². The lowest BCUT2D eigenvalue weighted by atomic mass is 10.1. The number of hydrogen-bond donors (Lipinski definition) is 1. The van der Waals surface area contributed by atoms with Crippen LogP contribution in [0.4, 0.5) is 0 Å². The second kappa shape index (κ2) is 9.95. The highest BCUT2D eigenvalue weighted by Crippen LogP contribution is 2.10. The fourth-order valence-corrected chi connectivity index (χ4v) is 1.64. The van der Waals surface area contributed by atoms with E-state index in [1.165, 1.54) is 0 Å². The van der Waals surface area contributed by atoms with Gasteiger partial charge in [-0.05, 0) is 33.3 Å². The number of hydrogen-bond acceptors (Lipinski definition) is 5. The molecule has 0 saturated carbocycles. The van der Waals surface area contributed by atoms with Gasteiger partial charge in [0.05, 0.1) is 19.5 Å². The van der Waals surface area contributed by atoms with Crippen LogP contribution in [0, 0.1) is 0 Å². The first-order chi connectivity index (χ1) is 10.0. The number of furan rings is 1. The molecule has 1 rings (SSSR count). The Kier molecular flexibility index (Phi) is 8.61. The van der Waals surface area contributed by atoms with Gasteiger partial charge < -0.3 is 23.9 Å². The van der Waals surface area contributed by atoms with Crippen molar-refractivity contribution in [2.24, 2.45) is 0 Å². The smallest absolute Gasteiger partial charge is 0.129 e. The van der Waals surface area contributed by atoms with Gasteiger partial charge >= 0.3 is 0 Å². The van der Waals surface area contributed by atoms with E-state index < -0.39 is 0 Å². The summed E-state index contributed by atoms with van der Waals surface area (Å²) in [5, 5.41) is 3.42. The minimum Gasteiger partial charge on any atom is -0.467 e. The van der Waals surface area contributed by atoms with Gasteiger partial charge in [-0.2, -0.15) is 0 Å². The molecule has 0 bridgehead atoms. The normalized spacial score (nSPS) is 12.0. The lowest BCUT2D eigenvalue weighted by Gasteiger charge is -2.19. The van der Waals surface area contributed by atoms with E-state index in [0.29, 0.717) is 33.0 Å². The largest absolute Gasteiger partial charge is 0.467 e. The molecule has 0 spiro atoms. The predicted octanol–water partition coefficient (Wildman–Crippen LogP) is 2.74. The van der Waals surface area contributed by atoms with Crippen LogP contribution in [0.25, 0.3) is 0 Å². The Balaban J connectivity index is 2.06. The quantitative estimate of drug-likeness (QED) is 0.637. The number of rotatable bonds is 11. The van der Waals surface area contributed by atoms with Gasteiger partial charge in [-0.25, -0.2) is 0 Å². The summed E-state index contributed by atoms with van der Waals surface area (Å²) in [7, 11) is 1.67. The highest BCUT2D eigenvalue weighted by atomic mass is 16.5. The van der Waals surface area contributed by atoms with E-state index in [-0.39, 0.29) is 5.54 Å². The standard InChI is InChI=1S/C16H29NO4/c1-16(2,3)17-11-14-10-15(21-12-14)13-20-7-5-6-19-9-8-18-4/h10,12,17H,5-9,11,13H2,1-4H3. The molecule has 1 heterocycles. The molecule has 0 aliphatic heterocycles. The van der Waals surface area contributed by atoms with Gasteiger partial charge in [0.1, 0.15) is 12.4 Å². The van der Waals surface area contributed by atoms with Crippen LogP contribution in [0.15, 0.2) is 16.7 Å². The number of ether oxygens (including phenoxy) is 3. The van der Waals surface area contributed by atoms with Gasteiger partial charge in [-0.3, -0.25) is 0 Å². The molecule has 0 unspecified atom stereocenters. The molecular formula is C16H29NO4. The van der Waals surface area contributed by atoms with E-state index >= 15 is 0 Å². The zero-order valence-corrected chi connectivity index (χ0v) is 13.7. The van der Waals surface area contributed by atoms with Crippen molar-refractivity contribution >= 4 is 0 Å². The third kappa shape index (κ3) is 9.63. The molecule has 21 heavy (non-hydrogen) atoms. The number of methoxy groups -OCH3 is 1. The molecule has 122 valence electrons. The van der Waals surface area contributed by atoms with Crippen molar-refractivity contribution in [2.75, 3.05) is 33.5 Å². The molecule has 1 N–H and O–H groups in total. The van der Waals surface area contributed by atoms with Gasteiger partial charge in [0.2, 0.25) is 0 Å². The van der Waals surface area contributed by atoms with Gasteiger partial charge in [0.15, 0.2) is 0 Å². The van der Waals surface area contributed by atoms with E-state index in [1.54, 1.807) is 13.4 Å². The Hall–Kier alpha value is -0.880. The minimum atomic E-state index is 0.108. The van der Waals surface area contributed by atoms with E-state index in [2.05, 4.69) is 26.1 Å². The first-order valence-corrected chi connectivity index (χ1v) is 7.47. The predicted molar refractivity (Wildman–Crippen MR) is 82.3 cm³/mol. The van der Waals surface area contributed by atoms with Crippen LogP contribution in [0.5, 0.6) is 0 Å². The molecule has 5 heteroatoms. The molecule has 0 aliphatic carbocycles. The highest BCUT2D eigenvalue weighted by molar-refractivity contribution is 5.12. The summed E-state index contributed by atoms with van der Waals surface area (Å²) in [4.78, 5) is 0. The highest BCUT2D eigenvalue weighted by Gasteiger charge is 2.09. The summed E-state index contributed by atoms with van der Waals surface area (Å²) in [5.41, 5.74) is 1.25. The summed E-state index contributed by atoms with van der Waals surface area (Å²) in [5.74, 6) is 0.862. The van der Waals surface area contributed by atoms with E-state index in [4.69, 9.17) is 18.6 Å². The molecule has 1 aromatic heterocycles. The van der Waals surface area contributed by atoms with Gasteiger partial charge in [0.25, 0.3) is 0 Å². The maximum absolute atomic E-state index is 5.56. The Morgan fingerprint density at radius 1 is 1.10 bits per heavy atom. The van der Waals surface area contributed by atoms with Crippen LogP contribution in [0.3, 0.4) is 0 Å². The topological polar surface area (TPSA) is 52.9 Å². The van der Waals surface area contributed by atoms with Crippen LogP contribution >= 0.6 is 0 Å². The molecule has 0 fully saturated rings. The lowest BCUT2D eigenvalue weighted by Crippen LogP contribution is -2.34. The summed E-state index contributed by atoms with van der Waals surface area (Å²) >= 11 is 0. The third-order valence-corrected chi connectivity index (χ3v) is 2.78. The van der Waals surface area contributed by atoms with E-state index in [9.17, 15) is 0 Å². The van der Waals surface area contributed by atoms with Gasteiger partial charge in [-0.15, -0.1) is 0 Å². The van der Waals surface area contributed by atoms with E-state index in [0.717, 1.165) is 24.3 Å². The second-order valence-electron chi connectivity index (χ2n) is 6.04. The summed E-state index contributed by atoms with van der Waals surface area (Å²) in [6.07, 6.45) is 2.66. The van der Waals surface area contributed by atoms with Crippen molar-refractivity contribution in [3.05, 3.63) is 23.7 Å². The van der Waals surface area contributed by atoms with Crippen LogP contribution in [-0.2, 0) is 27.4 Å². The average Bonchev–Trinajstić information content (AvgIpc) is 2.87. The van der Waals surface area contributed by atoms with Crippen molar-refractivity contribution < 1.29 is 18.6 Å². The fourth-order valence-electron chi connectivity index (χ4n) is 1.64. The molecule has 1 aromatic rings. The van der Waals surface area contributed by atoms with Crippen molar-refractivity contribution in [3.63, 3.8) is 0 Å². The fraction of sp³-hybridized carbons (Fsp3) is 0.750. The maximum Gasteiger partial charge on any atom is 0.129 e. The van der Waals surface area contributed by atoms with E-state index in [1.807, 2.05) is 6.07 Å². The summed E-state index contributed by atoms with van der Waals surface area (Å²) < 4.78 is 21.3. The molecule has 5 nitrogen and oxygen atoms in total. The average molecular weight is 299 g/mol. The molecule has 0 atom stereocenters. The zero-order valence-electron chi connectivity index (χ0n) is 13.7. The minimum absolute atomic E-state index is 0.108. The molecule has 0 amide bonds. The van der Waals surface area contributed by atoms with Crippen molar-refractivity contribution in [2.45, 2.75) is 45.9 Å². The SMILES string of the molecule is COCCOCCCOCc1cc(CNC(C)(C)C)co1. The Bertz CT molecular complexity index is 371. The maximum atomic E-state index is 5.56. The van der Waals surface area contributed by atoms with Crippen molar-refractivity contribution in [1.82, 2.24) is 5.32 Å². The molecule has 0 aliphatic rings. The van der Waals surface area contributed by atoms with Crippen LogP contribution in [0.1, 0.15) is 38.5 Å². The Labute approximate surface area is 127 Å². The van der Waals surface area contributed by atoms with Crippen LogP contribution in [0.2, 0.25) is 0 Å². The van der Waals surface area contributed by atoms with Gasteiger partial charge in [0, 0.05) is 38.0 Å². The Morgan fingerprint density at radius 3 is 2.57 bits per heavy atom. The molecule has 0 aromatic carbocycles. The first-order valence-electron chi connectivity index (χ1n) is 7.47. The number of nitrogens with one attached hydrogen (secondary N) is 1. The monoisotopic (exact) mass is 299 g/mol. The molecule has 0 radical (unpaired) electrons. The molecular weight excluding hydrogens is 270 g/mol. The second-order valence-corrected chi connectivity index (χ2v) is 6.04. The Morgan fingerprint density at radius 2 is 1.86 bits per heavy atom. The van der Waals surface area contributed by atoms with Crippen LogP contribution < -0.4 is 5.32 Å². The first kappa shape index (κ1) is 18.2. The zero-order chi connectivity index (χ0) is 15.6. The van der Waals surface area contributed by atoms with Crippen molar-refractivity contribution in [3.8, 4) is 0 Å². The lowest BCUT2D eigenvalue weighted by molar-refractivity contribution is 0.0453. The summed E-state index contributed by atoms with van der Waals surface area (Å²) in [6, 6.07) is 2.04. The van der Waals surface area contributed by atoms with Gasteiger partial charge in [-0.1, -0.05) is 0 Å². The van der Waals surface area contributed by atoms with Crippen molar-refractivity contribution in [1.29, 1.82) is 0 Å².